The summed E-state index contributed by atoms with van der Waals surface area (Å²) in [6.45, 7) is 8.18. The maximum atomic E-state index is 11.6. The van der Waals surface area contributed by atoms with Crippen molar-refractivity contribution in [3.05, 3.63) is 0 Å². The van der Waals surface area contributed by atoms with Crippen molar-refractivity contribution in [1.29, 1.82) is 0 Å². The Balaban J connectivity index is 0.000000437. The average Bonchev–Trinajstić information content (AvgIpc) is 2.61. The molecular formula is C12H23N3O2. The Morgan fingerprint density at radius 3 is 2.65 bits per heavy atom. The van der Waals surface area contributed by atoms with Crippen molar-refractivity contribution in [3.8, 4) is 0 Å². The molecule has 5 nitrogen and oxygen atoms in total. The predicted octanol–water partition coefficient (Wildman–Crippen LogP) is 1.40. The fraction of sp³-hybridized carbons (Fsp3) is 0.833. The second kappa shape index (κ2) is 6.59. The van der Waals surface area contributed by atoms with E-state index in [-0.39, 0.29) is 17.9 Å². The molecule has 0 bridgehead atoms. The van der Waals surface area contributed by atoms with Crippen LogP contribution < -0.4 is 5.32 Å². The number of nitrogens with zero attached hydrogens (tertiary/aromatic N) is 2. The Labute approximate surface area is 103 Å². The highest BCUT2D eigenvalue weighted by Crippen LogP contribution is 2.20. The maximum Gasteiger partial charge on any atom is 0.332 e. The van der Waals surface area contributed by atoms with E-state index in [1.165, 1.54) is 6.42 Å². The SMILES string of the molecule is CC(=O)C1CCN2CCCNC(=O)N12.CCC. The third-order valence-corrected chi connectivity index (χ3v) is 2.81. The molecule has 5 heteroatoms. The van der Waals surface area contributed by atoms with E-state index < -0.39 is 0 Å². The normalized spacial score (nSPS) is 24.3. The van der Waals surface area contributed by atoms with Gasteiger partial charge in [-0.1, -0.05) is 20.3 Å². The summed E-state index contributed by atoms with van der Waals surface area (Å²) < 4.78 is 0. The number of rotatable bonds is 1. The van der Waals surface area contributed by atoms with Crippen molar-refractivity contribution in [3.63, 3.8) is 0 Å². The molecule has 0 radical (unpaired) electrons. The fourth-order valence-corrected chi connectivity index (χ4v) is 2.10. The van der Waals surface area contributed by atoms with Crippen molar-refractivity contribution in [1.82, 2.24) is 15.3 Å². The van der Waals surface area contributed by atoms with Crippen LogP contribution in [0, 0.1) is 0 Å². The first-order valence-corrected chi connectivity index (χ1v) is 6.44. The maximum absolute atomic E-state index is 11.6. The summed E-state index contributed by atoms with van der Waals surface area (Å²) >= 11 is 0. The van der Waals surface area contributed by atoms with Crippen molar-refractivity contribution >= 4 is 11.8 Å². The van der Waals surface area contributed by atoms with Crippen LogP contribution in [0.15, 0.2) is 0 Å². The highest BCUT2D eigenvalue weighted by atomic mass is 16.2. The minimum Gasteiger partial charge on any atom is -0.337 e. The van der Waals surface area contributed by atoms with Gasteiger partial charge in [-0.15, -0.1) is 0 Å². The van der Waals surface area contributed by atoms with Gasteiger partial charge in [-0.2, -0.15) is 0 Å². The summed E-state index contributed by atoms with van der Waals surface area (Å²) in [4.78, 5) is 22.9. The molecule has 1 unspecified atom stereocenters. The van der Waals surface area contributed by atoms with Crippen molar-refractivity contribution in [2.45, 2.75) is 46.1 Å². The van der Waals surface area contributed by atoms with E-state index in [4.69, 9.17) is 0 Å². The predicted molar refractivity (Wildman–Crippen MR) is 66.5 cm³/mol. The standard InChI is InChI=1S/C9H15N3O2.C3H8/c1-7(13)8-3-6-11-5-2-4-10-9(14)12(8)11;1-3-2/h8H,2-6H2,1H3,(H,10,14);3H2,1-2H3. The van der Waals surface area contributed by atoms with Gasteiger partial charge < -0.3 is 5.32 Å². The van der Waals surface area contributed by atoms with E-state index in [0.717, 1.165) is 25.9 Å². The summed E-state index contributed by atoms with van der Waals surface area (Å²) in [5.74, 6) is 0.0737. The van der Waals surface area contributed by atoms with Gasteiger partial charge in [0.05, 0.1) is 0 Å². The Morgan fingerprint density at radius 2 is 2.06 bits per heavy atom. The number of urea groups is 1. The van der Waals surface area contributed by atoms with Gasteiger partial charge in [0.1, 0.15) is 6.04 Å². The van der Waals surface area contributed by atoms with Gasteiger partial charge in [0.2, 0.25) is 0 Å². The van der Waals surface area contributed by atoms with Crippen LogP contribution >= 0.6 is 0 Å². The fourth-order valence-electron chi connectivity index (χ4n) is 2.10. The highest BCUT2D eigenvalue weighted by Gasteiger charge is 2.38. The zero-order chi connectivity index (χ0) is 12.8. The Kier molecular flexibility index (Phi) is 5.41. The number of fused-ring (bicyclic) bond motifs is 1. The molecule has 17 heavy (non-hydrogen) atoms. The molecule has 1 atom stereocenters. The van der Waals surface area contributed by atoms with Crippen LogP contribution in [-0.4, -0.2) is 47.5 Å². The van der Waals surface area contributed by atoms with Crippen LogP contribution in [-0.2, 0) is 4.79 Å². The molecule has 0 spiro atoms. The summed E-state index contributed by atoms with van der Waals surface area (Å²) in [7, 11) is 0. The van der Waals surface area contributed by atoms with Gasteiger partial charge in [0, 0.05) is 19.6 Å². The van der Waals surface area contributed by atoms with Crippen molar-refractivity contribution in [2.24, 2.45) is 0 Å². The third kappa shape index (κ3) is 3.43. The number of hydrazine groups is 1. The number of Topliss-reactive ketones (excluding diaryl/α,β-unsaturated/α-hetero) is 1. The molecule has 0 aliphatic carbocycles. The molecule has 2 amide bonds. The van der Waals surface area contributed by atoms with Crippen LogP contribution in [0.2, 0.25) is 0 Å². The van der Waals surface area contributed by atoms with E-state index in [1.54, 1.807) is 11.9 Å². The zero-order valence-corrected chi connectivity index (χ0v) is 11.0. The number of carbonyl (C=O) groups excluding carboxylic acids is 2. The van der Waals surface area contributed by atoms with Gasteiger partial charge in [0.25, 0.3) is 0 Å². The quantitative estimate of drug-likeness (QED) is 0.755. The van der Waals surface area contributed by atoms with Gasteiger partial charge in [0.15, 0.2) is 5.78 Å². The van der Waals surface area contributed by atoms with Crippen LogP contribution in [0.25, 0.3) is 0 Å². The molecule has 2 fully saturated rings. The number of hydrogen-bond acceptors (Lipinski definition) is 3. The third-order valence-electron chi connectivity index (χ3n) is 2.81. The second-order valence-corrected chi connectivity index (χ2v) is 4.51. The number of hydrogen-bond donors (Lipinski definition) is 1. The number of ketones is 1. The van der Waals surface area contributed by atoms with Crippen LogP contribution in [0.5, 0.6) is 0 Å². The molecule has 2 heterocycles. The van der Waals surface area contributed by atoms with Crippen LogP contribution in [0.4, 0.5) is 4.79 Å². The molecule has 0 saturated carbocycles. The summed E-state index contributed by atoms with van der Waals surface area (Å²) in [5.41, 5.74) is 0. The minimum atomic E-state index is -0.243. The van der Waals surface area contributed by atoms with Gasteiger partial charge in [-0.3, -0.25) is 4.79 Å². The first-order valence-electron chi connectivity index (χ1n) is 6.44. The average molecular weight is 241 g/mol. The lowest BCUT2D eigenvalue weighted by atomic mass is 10.1. The Hall–Kier alpha value is -1.10. The minimum absolute atomic E-state index is 0.0737. The molecule has 0 aromatic rings. The lowest BCUT2D eigenvalue weighted by molar-refractivity contribution is -0.123. The van der Waals surface area contributed by atoms with E-state index in [9.17, 15) is 9.59 Å². The van der Waals surface area contributed by atoms with Crippen LogP contribution in [0.1, 0.15) is 40.0 Å². The summed E-state index contributed by atoms with van der Waals surface area (Å²) in [6, 6.07) is -0.367. The molecule has 98 valence electrons. The molecule has 2 rings (SSSR count). The second-order valence-electron chi connectivity index (χ2n) is 4.51. The topological polar surface area (TPSA) is 52.7 Å². The molecule has 2 aliphatic rings. The van der Waals surface area contributed by atoms with Crippen LogP contribution in [0.3, 0.4) is 0 Å². The first-order chi connectivity index (χ1) is 8.11. The summed E-state index contributed by atoms with van der Waals surface area (Å²) in [5, 5.41) is 6.37. The zero-order valence-electron chi connectivity index (χ0n) is 11.0. The first kappa shape index (κ1) is 14.0. The lowest BCUT2D eigenvalue weighted by Gasteiger charge is -2.28. The molecule has 0 aromatic heterocycles. The monoisotopic (exact) mass is 241 g/mol. The molecule has 2 saturated heterocycles. The number of carbonyl (C=O) groups is 2. The smallest absolute Gasteiger partial charge is 0.332 e. The van der Waals surface area contributed by atoms with Gasteiger partial charge in [-0.05, 0) is 19.8 Å². The largest absolute Gasteiger partial charge is 0.337 e. The van der Waals surface area contributed by atoms with Crippen molar-refractivity contribution < 1.29 is 9.59 Å². The van der Waals surface area contributed by atoms with E-state index in [0.29, 0.717) is 6.54 Å². The van der Waals surface area contributed by atoms with Crippen molar-refractivity contribution in [2.75, 3.05) is 19.6 Å². The lowest BCUT2D eigenvalue weighted by Crippen LogP contribution is -2.49. The van der Waals surface area contributed by atoms with Gasteiger partial charge in [-0.25, -0.2) is 14.8 Å². The summed E-state index contributed by atoms with van der Waals surface area (Å²) in [6.07, 6.45) is 2.97. The Bertz CT molecular complexity index is 281. The molecule has 0 aromatic carbocycles. The number of amides is 2. The van der Waals surface area contributed by atoms with E-state index in [1.807, 2.05) is 5.01 Å². The van der Waals surface area contributed by atoms with E-state index in [2.05, 4.69) is 19.2 Å². The van der Waals surface area contributed by atoms with Gasteiger partial charge >= 0.3 is 6.03 Å². The highest BCUT2D eigenvalue weighted by molar-refractivity contribution is 5.87. The molecule has 1 N–H and O–H groups in total. The Morgan fingerprint density at radius 1 is 1.41 bits per heavy atom. The molecule has 2 aliphatic heterocycles. The van der Waals surface area contributed by atoms with E-state index >= 15 is 0 Å². The number of nitrogens with one attached hydrogen (secondary N) is 1. The molecular weight excluding hydrogens is 218 g/mol.